The van der Waals surface area contributed by atoms with E-state index in [1.54, 1.807) is 25.2 Å². The molecule has 0 radical (unpaired) electrons. The van der Waals surface area contributed by atoms with Gasteiger partial charge in [0, 0.05) is 45.6 Å². The van der Waals surface area contributed by atoms with E-state index < -0.39 is 0 Å². The zero-order valence-electron chi connectivity index (χ0n) is 13.7. The third-order valence-corrected chi connectivity index (χ3v) is 4.55. The number of aryl methyl sites for hydroxylation is 1. The normalized spacial score (nSPS) is 15.4. The van der Waals surface area contributed by atoms with E-state index in [0.29, 0.717) is 0 Å². The van der Waals surface area contributed by atoms with Crippen LogP contribution in [0.3, 0.4) is 0 Å². The summed E-state index contributed by atoms with van der Waals surface area (Å²) in [5.74, 6) is 1.75. The van der Waals surface area contributed by atoms with E-state index in [1.807, 2.05) is 22.2 Å². The van der Waals surface area contributed by atoms with Crippen LogP contribution in [0.15, 0.2) is 31.4 Å². The van der Waals surface area contributed by atoms with Gasteiger partial charge in [-0.2, -0.15) is 0 Å². The lowest BCUT2D eigenvalue weighted by Crippen LogP contribution is -2.47. The largest absolute Gasteiger partial charge is 0.351 e. The standard InChI is InChI=1S/C15H16N10/c1-22-9-19-11-12(22)17-8-18-13(11)23-4-6-24(7-5-23)14-15-21-20-10-25(15)3-2-16-14/h2-3,8-10H,4-7H2,1H3. The summed E-state index contributed by atoms with van der Waals surface area (Å²) < 4.78 is 3.79. The Kier molecular flexibility index (Phi) is 3.02. The third-order valence-electron chi connectivity index (χ3n) is 4.55. The fourth-order valence-electron chi connectivity index (χ4n) is 3.26. The summed E-state index contributed by atoms with van der Waals surface area (Å²) in [6, 6.07) is 0. The average Bonchev–Trinajstić information content (AvgIpc) is 3.28. The Balaban J connectivity index is 1.42. The molecule has 0 aliphatic carbocycles. The highest BCUT2D eigenvalue weighted by Crippen LogP contribution is 2.24. The molecule has 4 aromatic rings. The van der Waals surface area contributed by atoms with Gasteiger partial charge in [0.15, 0.2) is 22.8 Å². The number of rotatable bonds is 2. The first-order valence-electron chi connectivity index (χ1n) is 8.07. The highest BCUT2D eigenvalue weighted by atomic mass is 15.3. The summed E-state index contributed by atoms with van der Waals surface area (Å²) in [6.45, 7) is 3.33. The van der Waals surface area contributed by atoms with Crippen LogP contribution in [0.2, 0.25) is 0 Å². The summed E-state index contributed by atoms with van der Waals surface area (Å²) in [5.41, 5.74) is 2.48. The fraction of sp³-hybridized carbons (Fsp3) is 0.333. The van der Waals surface area contributed by atoms with E-state index in [2.05, 4.69) is 39.9 Å². The first-order chi connectivity index (χ1) is 12.3. The lowest BCUT2D eigenvalue weighted by molar-refractivity contribution is 0.642. The van der Waals surface area contributed by atoms with Gasteiger partial charge in [-0.15, -0.1) is 10.2 Å². The molecule has 1 saturated heterocycles. The molecule has 25 heavy (non-hydrogen) atoms. The van der Waals surface area contributed by atoms with Crippen LogP contribution in [0.4, 0.5) is 11.6 Å². The Bertz CT molecular complexity index is 1040. The Morgan fingerprint density at radius 2 is 1.64 bits per heavy atom. The molecule has 0 saturated carbocycles. The minimum Gasteiger partial charge on any atom is -0.351 e. The van der Waals surface area contributed by atoms with Gasteiger partial charge in [0.2, 0.25) is 5.65 Å². The second-order valence-corrected chi connectivity index (χ2v) is 6.01. The van der Waals surface area contributed by atoms with Gasteiger partial charge in [-0.05, 0) is 0 Å². The number of hydrogen-bond acceptors (Lipinski definition) is 8. The summed E-state index contributed by atoms with van der Waals surface area (Å²) in [5, 5.41) is 8.14. The maximum Gasteiger partial charge on any atom is 0.203 e. The van der Waals surface area contributed by atoms with Crippen LogP contribution in [-0.4, -0.2) is 65.3 Å². The quantitative estimate of drug-likeness (QED) is 0.510. The molecule has 0 unspecified atom stereocenters. The second kappa shape index (κ2) is 5.36. The molecule has 0 amide bonds. The summed E-state index contributed by atoms with van der Waals surface area (Å²) in [6.07, 6.45) is 8.70. The van der Waals surface area contributed by atoms with Gasteiger partial charge in [-0.3, -0.25) is 4.40 Å². The van der Waals surface area contributed by atoms with Crippen molar-refractivity contribution in [1.29, 1.82) is 0 Å². The summed E-state index contributed by atoms with van der Waals surface area (Å²) in [4.78, 5) is 22.2. The topological polar surface area (TPSA) is 93.2 Å². The molecule has 1 aliphatic rings. The first-order valence-corrected chi connectivity index (χ1v) is 8.07. The van der Waals surface area contributed by atoms with Crippen molar-refractivity contribution >= 4 is 28.4 Å². The van der Waals surface area contributed by atoms with Crippen molar-refractivity contribution in [2.75, 3.05) is 36.0 Å². The highest BCUT2D eigenvalue weighted by Gasteiger charge is 2.23. The van der Waals surface area contributed by atoms with Crippen molar-refractivity contribution in [2.24, 2.45) is 7.05 Å². The number of imidazole rings is 1. The molecular weight excluding hydrogens is 320 g/mol. The molecule has 0 N–H and O–H groups in total. The zero-order valence-corrected chi connectivity index (χ0v) is 13.7. The fourth-order valence-corrected chi connectivity index (χ4v) is 3.26. The number of nitrogens with zero attached hydrogens (tertiary/aromatic N) is 10. The molecule has 5 rings (SSSR count). The Morgan fingerprint density at radius 1 is 0.840 bits per heavy atom. The second-order valence-electron chi connectivity index (χ2n) is 6.01. The van der Waals surface area contributed by atoms with Crippen LogP contribution in [-0.2, 0) is 7.05 Å². The molecule has 5 heterocycles. The van der Waals surface area contributed by atoms with Crippen molar-refractivity contribution < 1.29 is 0 Å². The van der Waals surface area contributed by atoms with Crippen LogP contribution in [0.1, 0.15) is 0 Å². The maximum atomic E-state index is 4.50. The minimum absolute atomic E-state index is 0.783. The Labute approximate surface area is 142 Å². The highest BCUT2D eigenvalue weighted by molar-refractivity contribution is 5.83. The van der Waals surface area contributed by atoms with Gasteiger partial charge >= 0.3 is 0 Å². The monoisotopic (exact) mass is 336 g/mol. The number of aromatic nitrogens is 8. The van der Waals surface area contributed by atoms with Crippen molar-refractivity contribution in [1.82, 2.24) is 39.1 Å². The van der Waals surface area contributed by atoms with Crippen molar-refractivity contribution in [2.45, 2.75) is 0 Å². The number of piperazine rings is 1. The van der Waals surface area contributed by atoms with Crippen LogP contribution in [0, 0.1) is 0 Å². The summed E-state index contributed by atoms with van der Waals surface area (Å²) in [7, 11) is 1.94. The molecule has 1 fully saturated rings. The smallest absolute Gasteiger partial charge is 0.203 e. The predicted octanol–water partition coefficient (Wildman–Crippen LogP) is 0.128. The number of hydrogen-bond donors (Lipinski definition) is 0. The van der Waals surface area contributed by atoms with Crippen molar-refractivity contribution in [3.8, 4) is 0 Å². The minimum atomic E-state index is 0.783. The number of anilines is 2. The van der Waals surface area contributed by atoms with Gasteiger partial charge in [-0.25, -0.2) is 19.9 Å². The molecule has 1 aliphatic heterocycles. The van der Waals surface area contributed by atoms with E-state index in [0.717, 1.165) is 54.6 Å². The van der Waals surface area contributed by atoms with E-state index in [9.17, 15) is 0 Å². The van der Waals surface area contributed by atoms with E-state index in [1.165, 1.54) is 0 Å². The predicted molar refractivity (Wildman–Crippen MR) is 91.5 cm³/mol. The number of fused-ring (bicyclic) bond motifs is 2. The van der Waals surface area contributed by atoms with Gasteiger partial charge in [-0.1, -0.05) is 0 Å². The molecule has 0 aromatic carbocycles. The van der Waals surface area contributed by atoms with Crippen LogP contribution < -0.4 is 9.80 Å². The Hall–Kier alpha value is -3.30. The van der Waals surface area contributed by atoms with E-state index in [-0.39, 0.29) is 0 Å². The average molecular weight is 336 g/mol. The van der Waals surface area contributed by atoms with Crippen molar-refractivity contribution in [3.63, 3.8) is 0 Å². The Morgan fingerprint density at radius 3 is 2.48 bits per heavy atom. The van der Waals surface area contributed by atoms with Gasteiger partial charge in [0.1, 0.15) is 12.7 Å². The molecule has 0 bridgehead atoms. The lowest BCUT2D eigenvalue weighted by atomic mass is 10.3. The van der Waals surface area contributed by atoms with Crippen molar-refractivity contribution in [3.05, 3.63) is 31.4 Å². The van der Waals surface area contributed by atoms with Gasteiger partial charge in [0.05, 0.1) is 6.33 Å². The zero-order chi connectivity index (χ0) is 16.8. The molecule has 10 heteroatoms. The molecule has 0 spiro atoms. The molecule has 126 valence electrons. The SMILES string of the molecule is Cn1cnc2c(N3CCN(c4nccn5cnnc45)CC3)ncnc21. The lowest BCUT2D eigenvalue weighted by Gasteiger charge is -2.35. The van der Waals surface area contributed by atoms with Gasteiger partial charge < -0.3 is 14.4 Å². The summed E-state index contributed by atoms with van der Waals surface area (Å²) >= 11 is 0. The maximum absolute atomic E-state index is 4.50. The van der Waals surface area contributed by atoms with E-state index >= 15 is 0 Å². The third kappa shape index (κ3) is 2.17. The first kappa shape index (κ1) is 14.1. The van der Waals surface area contributed by atoms with Gasteiger partial charge in [0.25, 0.3) is 0 Å². The van der Waals surface area contributed by atoms with Crippen LogP contribution in [0.25, 0.3) is 16.8 Å². The molecule has 10 nitrogen and oxygen atoms in total. The van der Waals surface area contributed by atoms with Crippen LogP contribution in [0.5, 0.6) is 0 Å². The van der Waals surface area contributed by atoms with E-state index in [4.69, 9.17) is 0 Å². The molecule has 4 aromatic heterocycles. The molecular formula is C15H16N10. The molecule has 0 atom stereocenters. The van der Waals surface area contributed by atoms with Crippen LogP contribution >= 0.6 is 0 Å².